The van der Waals surface area contributed by atoms with E-state index in [1.165, 1.54) is 13.0 Å². The highest BCUT2D eigenvalue weighted by atomic mass is 19.4. The van der Waals surface area contributed by atoms with E-state index in [-0.39, 0.29) is 5.56 Å². The topological polar surface area (TPSA) is 67.4 Å². The summed E-state index contributed by atoms with van der Waals surface area (Å²) in [6, 6.07) is 11.0. The molecule has 2 aromatic rings. The van der Waals surface area contributed by atoms with Gasteiger partial charge in [0.05, 0.1) is 5.56 Å². The molecule has 0 aliphatic carbocycles. The summed E-state index contributed by atoms with van der Waals surface area (Å²) in [6.45, 7) is 3.27. The van der Waals surface area contributed by atoms with Crippen molar-refractivity contribution in [3.8, 4) is 0 Å². The van der Waals surface area contributed by atoms with Crippen molar-refractivity contribution in [3.63, 3.8) is 0 Å². The second-order valence-electron chi connectivity index (χ2n) is 5.63. The van der Waals surface area contributed by atoms with Crippen LogP contribution in [0.4, 0.5) is 18.9 Å². The van der Waals surface area contributed by atoms with E-state index in [4.69, 9.17) is 4.84 Å². The molecule has 2 amide bonds. The molecule has 5 nitrogen and oxygen atoms in total. The summed E-state index contributed by atoms with van der Waals surface area (Å²) < 4.78 is 38.0. The molecule has 0 saturated carbocycles. The van der Waals surface area contributed by atoms with E-state index in [1.54, 1.807) is 18.2 Å². The molecule has 0 heterocycles. The standard InChI is InChI=1S/C18H17F3N2O3/c1-11-5-3-8-15(9-11)22-16(24)12(2)26-23-17(25)13-6-4-7-14(10-13)18(19,20)21/h3-10,12H,1-2H3,(H,22,24)(H,23,25)/t12-/m1/s1. The third-order valence-electron chi connectivity index (χ3n) is 3.44. The van der Waals surface area contributed by atoms with Gasteiger partial charge in [-0.15, -0.1) is 0 Å². The Kier molecular flexibility index (Phi) is 5.99. The molecule has 0 saturated heterocycles. The summed E-state index contributed by atoms with van der Waals surface area (Å²) in [6.07, 6.45) is -5.61. The fraction of sp³-hybridized carbons (Fsp3) is 0.222. The number of hydrogen-bond acceptors (Lipinski definition) is 3. The average Bonchev–Trinajstić information content (AvgIpc) is 2.58. The van der Waals surface area contributed by atoms with Crippen LogP contribution in [0.15, 0.2) is 48.5 Å². The van der Waals surface area contributed by atoms with Crippen molar-refractivity contribution in [2.75, 3.05) is 5.32 Å². The Morgan fingerprint density at radius 2 is 1.77 bits per heavy atom. The number of carbonyl (C=O) groups is 2. The van der Waals surface area contributed by atoms with E-state index in [9.17, 15) is 22.8 Å². The molecule has 2 aromatic carbocycles. The van der Waals surface area contributed by atoms with Gasteiger partial charge in [0, 0.05) is 11.3 Å². The summed E-state index contributed by atoms with van der Waals surface area (Å²) in [4.78, 5) is 28.9. The summed E-state index contributed by atoms with van der Waals surface area (Å²) in [7, 11) is 0. The number of alkyl halides is 3. The summed E-state index contributed by atoms with van der Waals surface area (Å²) in [5.41, 5.74) is 2.33. The number of nitrogens with one attached hydrogen (secondary N) is 2. The third-order valence-corrected chi connectivity index (χ3v) is 3.44. The quantitative estimate of drug-likeness (QED) is 0.793. The second kappa shape index (κ2) is 8.01. The van der Waals surface area contributed by atoms with E-state index >= 15 is 0 Å². The van der Waals surface area contributed by atoms with Crippen LogP contribution in [0.3, 0.4) is 0 Å². The maximum Gasteiger partial charge on any atom is 0.416 e. The van der Waals surface area contributed by atoms with Crippen LogP contribution in [0.1, 0.15) is 28.4 Å². The molecule has 1 atom stereocenters. The lowest BCUT2D eigenvalue weighted by Gasteiger charge is -2.14. The van der Waals surface area contributed by atoms with Crippen LogP contribution >= 0.6 is 0 Å². The molecule has 0 bridgehead atoms. The Morgan fingerprint density at radius 3 is 2.42 bits per heavy atom. The molecule has 26 heavy (non-hydrogen) atoms. The van der Waals surface area contributed by atoms with Gasteiger partial charge >= 0.3 is 6.18 Å². The Balaban J connectivity index is 1.93. The molecular formula is C18H17F3N2O3. The van der Waals surface area contributed by atoms with Crippen molar-refractivity contribution in [1.82, 2.24) is 5.48 Å². The minimum absolute atomic E-state index is 0.230. The van der Waals surface area contributed by atoms with E-state index < -0.39 is 29.7 Å². The third kappa shape index (κ3) is 5.32. The van der Waals surface area contributed by atoms with Gasteiger partial charge < -0.3 is 5.32 Å². The number of carbonyl (C=O) groups excluding carboxylic acids is 2. The normalized spacial score (nSPS) is 12.3. The monoisotopic (exact) mass is 366 g/mol. The van der Waals surface area contributed by atoms with Crippen LogP contribution in [0, 0.1) is 6.92 Å². The number of hydrogen-bond donors (Lipinski definition) is 2. The first-order valence-corrected chi connectivity index (χ1v) is 7.67. The van der Waals surface area contributed by atoms with Crippen molar-refractivity contribution in [2.45, 2.75) is 26.1 Å². The first-order chi connectivity index (χ1) is 12.2. The number of aryl methyl sites for hydroxylation is 1. The van der Waals surface area contributed by atoms with Crippen molar-refractivity contribution >= 4 is 17.5 Å². The number of hydroxylamine groups is 1. The van der Waals surface area contributed by atoms with Gasteiger partial charge in [-0.1, -0.05) is 18.2 Å². The molecular weight excluding hydrogens is 349 g/mol. The predicted octanol–water partition coefficient (Wildman–Crippen LogP) is 3.70. The highest BCUT2D eigenvalue weighted by Crippen LogP contribution is 2.29. The summed E-state index contributed by atoms with van der Waals surface area (Å²) in [5.74, 6) is -1.40. The molecule has 0 aliphatic rings. The predicted molar refractivity (Wildman–Crippen MR) is 89.3 cm³/mol. The zero-order valence-corrected chi connectivity index (χ0v) is 14.1. The van der Waals surface area contributed by atoms with Gasteiger partial charge in [-0.05, 0) is 49.7 Å². The number of amides is 2. The van der Waals surface area contributed by atoms with Gasteiger partial charge in [0.25, 0.3) is 11.8 Å². The van der Waals surface area contributed by atoms with Gasteiger partial charge in [-0.25, -0.2) is 5.48 Å². The number of benzene rings is 2. The molecule has 8 heteroatoms. The van der Waals surface area contributed by atoms with E-state index in [0.717, 1.165) is 17.7 Å². The van der Waals surface area contributed by atoms with E-state index in [1.807, 2.05) is 18.5 Å². The molecule has 0 aliphatic heterocycles. The van der Waals surface area contributed by atoms with Crippen LogP contribution in [0.5, 0.6) is 0 Å². The van der Waals surface area contributed by atoms with Gasteiger partial charge in [0.1, 0.15) is 0 Å². The zero-order chi connectivity index (χ0) is 19.3. The lowest BCUT2D eigenvalue weighted by Crippen LogP contribution is -2.35. The van der Waals surface area contributed by atoms with E-state index in [2.05, 4.69) is 5.32 Å². The van der Waals surface area contributed by atoms with Gasteiger partial charge in [-0.2, -0.15) is 13.2 Å². The first kappa shape index (κ1) is 19.5. The van der Waals surface area contributed by atoms with Crippen molar-refractivity contribution in [2.24, 2.45) is 0 Å². The molecule has 0 unspecified atom stereocenters. The highest BCUT2D eigenvalue weighted by molar-refractivity contribution is 5.95. The summed E-state index contributed by atoms with van der Waals surface area (Å²) >= 11 is 0. The van der Waals surface area contributed by atoms with Crippen LogP contribution < -0.4 is 10.8 Å². The van der Waals surface area contributed by atoms with Crippen LogP contribution in [0.2, 0.25) is 0 Å². The van der Waals surface area contributed by atoms with E-state index in [0.29, 0.717) is 11.8 Å². The number of halogens is 3. The average molecular weight is 366 g/mol. The Hall–Kier alpha value is -2.87. The van der Waals surface area contributed by atoms with Gasteiger partial charge in [0.15, 0.2) is 6.10 Å². The van der Waals surface area contributed by atoms with Gasteiger partial charge in [0.2, 0.25) is 0 Å². The molecule has 0 spiro atoms. The lowest BCUT2D eigenvalue weighted by atomic mass is 10.1. The minimum atomic E-state index is -4.56. The van der Waals surface area contributed by atoms with Crippen LogP contribution in [-0.2, 0) is 15.8 Å². The fourth-order valence-corrected chi connectivity index (χ4v) is 2.06. The zero-order valence-electron chi connectivity index (χ0n) is 14.1. The SMILES string of the molecule is Cc1cccc(NC(=O)[C@@H](C)ONC(=O)c2cccc(C(F)(F)F)c2)c1. The van der Waals surface area contributed by atoms with Gasteiger partial charge in [-0.3, -0.25) is 14.4 Å². The molecule has 2 N–H and O–H groups in total. The first-order valence-electron chi connectivity index (χ1n) is 7.67. The van der Waals surface area contributed by atoms with Crippen LogP contribution in [0.25, 0.3) is 0 Å². The largest absolute Gasteiger partial charge is 0.416 e. The summed E-state index contributed by atoms with van der Waals surface area (Å²) in [5, 5.41) is 2.61. The Bertz CT molecular complexity index is 806. The molecule has 0 radical (unpaired) electrons. The van der Waals surface area contributed by atoms with Crippen molar-refractivity contribution in [1.29, 1.82) is 0 Å². The minimum Gasteiger partial charge on any atom is -0.324 e. The Morgan fingerprint density at radius 1 is 1.08 bits per heavy atom. The molecule has 0 aromatic heterocycles. The number of rotatable bonds is 5. The number of anilines is 1. The van der Waals surface area contributed by atoms with Crippen LogP contribution in [-0.4, -0.2) is 17.9 Å². The lowest BCUT2D eigenvalue weighted by molar-refractivity contribution is -0.137. The maximum atomic E-state index is 12.7. The highest BCUT2D eigenvalue weighted by Gasteiger charge is 2.31. The molecule has 2 rings (SSSR count). The Labute approximate surface area is 148 Å². The van der Waals surface area contributed by atoms with Crippen molar-refractivity contribution in [3.05, 3.63) is 65.2 Å². The maximum absolute atomic E-state index is 12.7. The smallest absolute Gasteiger partial charge is 0.324 e. The molecule has 138 valence electrons. The second-order valence-corrected chi connectivity index (χ2v) is 5.63. The fourth-order valence-electron chi connectivity index (χ4n) is 2.06. The van der Waals surface area contributed by atoms with Crippen molar-refractivity contribution < 1.29 is 27.6 Å². The molecule has 0 fully saturated rings.